The third-order valence-electron chi connectivity index (χ3n) is 6.25. The molecule has 6 heteroatoms. The van der Waals surface area contributed by atoms with Crippen molar-refractivity contribution in [3.63, 3.8) is 0 Å². The van der Waals surface area contributed by atoms with Crippen molar-refractivity contribution in [1.29, 1.82) is 0 Å². The van der Waals surface area contributed by atoms with Gasteiger partial charge in [0.25, 0.3) is 0 Å². The fraction of sp³-hybridized carbons (Fsp3) is 0.571. The number of hydrogen-bond donors (Lipinski definition) is 0. The summed E-state index contributed by atoms with van der Waals surface area (Å²) in [7, 11) is 0. The minimum atomic E-state index is -0.669. The molecule has 1 heterocycles. The number of rotatable bonds is 6. The molecular formula is C28H40O6. The maximum Gasteiger partial charge on any atom is 0.209 e. The van der Waals surface area contributed by atoms with E-state index in [0.717, 1.165) is 24.0 Å². The van der Waals surface area contributed by atoms with E-state index in [4.69, 9.17) is 28.4 Å². The van der Waals surface area contributed by atoms with Gasteiger partial charge in [0.1, 0.15) is 0 Å². The van der Waals surface area contributed by atoms with Crippen LogP contribution in [-0.4, -0.2) is 50.2 Å². The largest absolute Gasteiger partial charge is 0.373 e. The molecule has 0 saturated carbocycles. The van der Waals surface area contributed by atoms with Crippen LogP contribution in [0.25, 0.3) is 0 Å². The minimum Gasteiger partial charge on any atom is -0.373 e. The average Bonchev–Trinajstić information content (AvgIpc) is 2.83. The second-order valence-electron chi connectivity index (χ2n) is 9.50. The molecule has 0 N–H and O–H groups in total. The van der Waals surface area contributed by atoms with E-state index in [2.05, 4.69) is 27.7 Å². The van der Waals surface area contributed by atoms with E-state index < -0.39 is 23.8 Å². The van der Waals surface area contributed by atoms with Gasteiger partial charge < -0.3 is 28.4 Å². The number of hydrogen-bond acceptors (Lipinski definition) is 6. The Bertz CT molecular complexity index is 739. The third-order valence-corrected chi connectivity index (χ3v) is 6.25. The van der Waals surface area contributed by atoms with Gasteiger partial charge in [0.05, 0.1) is 37.6 Å². The van der Waals surface area contributed by atoms with Gasteiger partial charge >= 0.3 is 0 Å². The molecule has 1 aliphatic heterocycles. The van der Waals surface area contributed by atoms with Crippen molar-refractivity contribution in [2.45, 2.75) is 77.5 Å². The van der Waals surface area contributed by atoms with Gasteiger partial charge in [-0.25, -0.2) is 0 Å². The molecule has 1 fully saturated rings. The van der Waals surface area contributed by atoms with Gasteiger partial charge in [-0.1, -0.05) is 60.7 Å². The Morgan fingerprint density at radius 1 is 0.618 bits per heavy atom. The van der Waals surface area contributed by atoms with Gasteiger partial charge in [-0.3, -0.25) is 0 Å². The van der Waals surface area contributed by atoms with Crippen molar-refractivity contribution in [3.8, 4) is 0 Å². The second-order valence-corrected chi connectivity index (χ2v) is 9.50. The number of ether oxygens (including phenoxy) is 6. The second kappa shape index (κ2) is 13.3. The van der Waals surface area contributed by atoms with E-state index in [1.165, 1.54) is 0 Å². The smallest absolute Gasteiger partial charge is 0.209 e. The van der Waals surface area contributed by atoms with Crippen molar-refractivity contribution < 1.29 is 28.4 Å². The summed E-state index contributed by atoms with van der Waals surface area (Å²) in [6, 6.07) is 20.1. The van der Waals surface area contributed by atoms with Crippen LogP contribution >= 0.6 is 0 Å². The van der Waals surface area contributed by atoms with Crippen LogP contribution in [0.3, 0.4) is 0 Å². The lowest BCUT2D eigenvalue weighted by Crippen LogP contribution is -2.50. The Morgan fingerprint density at radius 3 is 1.38 bits per heavy atom. The van der Waals surface area contributed by atoms with Gasteiger partial charge in [-0.15, -0.1) is 0 Å². The molecule has 0 radical (unpaired) electrons. The lowest BCUT2D eigenvalue weighted by atomic mass is 9.89. The Kier molecular flexibility index (Phi) is 10.5. The summed E-state index contributed by atoms with van der Waals surface area (Å²) >= 11 is 0. The van der Waals surface area contributed by atoms with Crippen LogP contribution in [0.2, 0.25) is 0 Å². The molecule has 2 aromatic carbocycles. The van der Waals surface area contributed by atoms with E-state index >= 15 is 0 Å². The van der Waals surface area contributed by atoms with E-state index in [9.17, 15) is 0 Å². The SMILES string of the molecule is CC1(C)OCCCOC(OCc2ccccc2)C(OCc2ccccc2)OCCCOC1(C)C. The lowest BCUT2D eigenvalue weighted by Gasteiger charge is -2.41. The third kappa shape index (κ3) is 8.45. The zero-order chi connectivity index (χ0) is 24.3. The normalized spacial score (nSPS) is 24.2. The first-order valence-electron chi connectivity index (χ1n) is 12.2. The maximum atomic E-state index is 6.18. The van der Waals surface area contributed by atoms with Crippen molar-refractivity contribution in [3.05, 3.63) is 71.8 Å². The molecule has 2 atom stereocenters. The Balaban J connectivity index is 1.68. The predicted molar refractivity (Wildman–Crippen MR) is 131 cm³/mol. The first kappa shape index (κ1) is 26.8. The van der Waals surface area contributed by atoms with Crippen LogP contribution in [0.15, 0.2) is 60.7 Å². The molecule has 2 aromatic rings. The van der Waals surface area contributed by atoms with E-state index in [-0.39, 0.29) is 0 Å². The molecule has 2 unspecified atom stereocenters. The summed E-state index contributed by atoms with van der Waals surface area (Å²) in [6.45, 7) is 11.1. The maximum absolute atomic E-state index is 6.18. The highest BCUT2D eigenvalue weighted by atomic mass is 16.8. The summed E-state index contributed by atoms with van der Waals surface area (Å²) in [6.07, 6.45) is 0.0983. The highest BCUT2D eigenvalue weighted by Crippen LogP contribution is 2.29. The van der Waals surface area contributed by atoms with Gasteiger partial charge in [-0.05, 0) is 51.7 Å². The topological polar surface area (TPSA) is 55.4 Å². The molecule has 1 saturated heterocycles. The first-order chi connectivity index (χ1) is 16.4. The molecule has 0 aliphatic carbocycles. The van der Waals surface area contributed by atoms with Gasteiger partial charge in [-0.2, -0.15) is 0 Å². The van der Waals surface area contributed by atoms with E-state index in [1.807, 2.05) is 60.7 Å². The molecule has 6 nitrogen and oxygen atoms in total. The van der Waals surface area contributed by atoms with Crippen LogP contribution < -0.4 is 0 Å². The van der Waals surface area contributed by atoms with Crippen molar-refractivity contribution in [1.82, 2.24) is 0 Å². The Morgan fingerprint density at radius 2 is 1.00 bits per heavy atom. The van der Waals surface area contributed by atoms with Crippen molar-refractivity contribution >= 4 is 0 Å². The van der Waals surface area contributed by atoms with Crippen molar-refractivity contribution in [2.75, 3.05) is 26.4 Å². The fourth-order valence-corrected chi connectivity index (χ4v) is 3.43. The highest BCUT2D eigenvalue weighted by molar-refractivity contribution is 5.14. The zero-order valence-corrected chi connectivity index (χ0v) is 21.0. The quantitative estimate of drug-likeness (QED) is 0.554. The molecule has 1 aliphatic rings. The molecule has 0 bridgehead atoms. The molecule has 0 aromatic heterocycles. The molecule has 34 heavy (non-hydrogen) atoms. The summed E-state index contributed by atoms with van der Waals surface area (Å²) in [5.74, 6) is 0. The summed E-state index contributed by atoms with van der Waals surface area (Å²) in [5.41, 5.74) is 1.27. The summed E-state index contributed by atoms with van der Waals surface area (Å²) in [5, 5.41) is 0. The van der Waals surface area contributed by atoms with Crippen LogP contribution in [0, 0.1) is 0 Å². The highest BCUT2D eigenvalue weighted by Gasteiger charge is 2.39. The number of benzene rings is 2. The standard InChI is InChI=1S/C28H40O6/c1-27(2)28(3,4)34-20-12-18-30-26(32-22-24-15-9-6-10-16-24)25(29-17-11-19-33-27)31-21-23-13-7-5-8-14-23/h5-10,13-16,25-26H,11-12,17-22H2,1-4H3. The molecule has 0 spiro atoms. The first-order valence-corrected chi connectivity index (χ1v) is 12.2. The van der Waals surface area contributed by atoms with Gasteiger partial charge in [0, 0.05) is 13.2 Å². The fourth-order valence-electron chi connectivity index (χ4n) is 3.43. The Hall–Kier alpha value is -1.80. The summed E-state index contributed by atoms with van der Waals surface area (Å²) < 4.78 is 37.0. The molecule has 188 valence electrons. The average molecular weight is 473 g/mol. The van der Waals surface area contributed by atoms with E-state index in [1.54, 1.807) is 0 Å². The Labute approximate surface area is 204 Å². The van der Waals surface area contributed by atoms with Crippen LogP contribution in [-0.2, 0) is 41.6 Å². The zero-order valence-electron chi connectivity index (χ0n) is 21.0. The van der Waals surface area contributed by atoms with Gasteiger partial charge in [0.15, 0.2) is 0 Å². The monoisotopic (exact) mass is 472 g/mol. The van der Waals surface area contributed by atoms with Crippen LogP contribution in [0.4, 0.5) is 0 Å². The van der Waals surface area contributed by atoms with Crippen molar-refractivity contribution in [2.24, 2.45) is 0 Å². The minimum absolute atomic E-state index is 0.404. The van der Waals surface area contributed by atoms with Crippen LogP contribution in [0.1, 0.15) is 51.7 Å². The predicted octanol–water partition coefficient (Wildman–Crippen LogP) is 5.49. The molecule has 3 rings (SSSR count). The van der Waals surface area contributed by atoms with E-state index in [0.29, 0.717) is 39.6 Å². The van der Waals surface area contributed by atoms with Crippen LogP contribution in [0.5, 0.6) is 0 Å². The molecular weight excluding hydrogens is 432 g/mol. The summed E-state index contributed by atoms with van der Waals surface area (Å²) in [4.78, 5) is 0. The van der Waals surface area contributed by atoms with Gasteiger partial charge in [0.2, 0.25) is 12.6 Å². The molecule has 0 amide bonds. The lowest BCUT2D eigenvalue weighted by molar-refractivity contribution is -0.295.